The second-order valence-corrected chi connectivity index (χ2v) is 8.70. The largest absolute Gasteiger partial charge is 0.330 e. The van der Waals surface area contributed by atoms with Crippen molar-refractivity contribution in [3.8, 4) is 0 Å². The van der Waals surface area contributed by atoms with Crippen LogP contribution in [0.2, 0.25) is 0 Å². The number of nitrogens with one attached hydrogen (secondary N) is 2. The Hall–Kier alpha value is -2.58. The molecule has 28 heavy (non-hydrogen) atoms. The number of amides is 4. The SMILES string of the molecule is NCC12CC(NCc3ccc4c(c3)C(=O)N(C3CCC(=O)NC3=O)C4=O)(C1)C2. The van der Waals surface area contributed by atoms with E-state index >= 15 is 0 Å². The van der Waals surface area contributed by atoms with Crippen LogP contribution in [0.3, 0.4) is 0 Å². The number of hydrogen-bond acceptors (Lipinski definition) is 6. The van der Waals surface area contributed by atoms with Crippen molar-refractivity contribution in [3.63, 3.8) is 0 Å². The molecule has 2 bridgehead atoms. The molecular formula is C20H22N4O4. The van der Waals surface area contributed by atoms with Gasteiger partial charge in [0.05, 0.1) is 11.1 Å². The van der Waals surface area contributed by atoms with Crippen molar-refractivity contribution in [1.82, 2.24) is 15.5 Å². The van der Waals surface area contributed by atoms with Gasteiger partial charge in [-0.25, -0.2) is 0 Å². The monoisotopic (exact) mass is 382 g/mol. The van der Waals surface area contributed by atoms with Gasteiger partial charge in [0, 0.05) is 18.5 Å². The van der Waals surface area contributed by atoms with Gasteiger partial charge in [-0.15, -0.1) is 0 Å². The van der Waals surface area contributed by atoms with Crippen LogP contribution in [0.5, 0.6) is 0 Å². The number of rotatable bonds is 5. The van der Waals surface area contributed by atoms with Crippen LogP contribution in [0, 0.1) is 5.41 Å². The number of nitrogens with two attached hydrogens (primary N) is 1. The van der Waals surface area contributed by atoms with Gasteiger partial charge in [0.25, 0.3) is 11.8 Å². The summed E-state index contributed by atoms with van der Waals surface area (Å²) in [5.41, 5.74) is 7.89. The van der Waals surface area contributed by atoms with Gasteiger partial charge in [-0.2, -0.15) is 0 Å². The van der Waals surface area contributed by atoms with E-state index in [1.165, 1.54) is 0 Å². The highest BCUT2D eigenvalue weighted by Crippen LogP contribution is 2.66. The number of piperidine rings is 1. The van der Waals surface area contributed by atoms with E-state index in [0.717, 1.165) is 36.3 Å². The van der Waals surface area contributed by atoms with E-state index in [-0.39, 0.29) is 24.3 Å². The Labute approximate surface area is 161 Å². The highest BCUT2D eigenvalue weighted by atomic mass is 16.2. The molecule has 1 unspecified atom stereocenters. The van der Waals surface area contributed by atoms with Crippen molar-refractivity contribution in [2.45, 2.75) is 50.2 Å². The fraction of sp³-hybridized carbons (Fsp3) is 0.500. The second kappa shape index (κ2) is 5.71. The number of carbonyl (C=O) groups is 4. The molecule has 1 aromatic rings. The molecule has 8 nitrogen and oxygen atoms in total. The zero-order valence-electron chi connectivity index (χ0n) is 15.4. The van der Waals surface area contributed by atoms with Crippen molar-refractivity contribution in [2.75, 3.05) is 6.54 Å². The van der Waals surface area contributed by atoms with Gasteiger partial charge in [-0.05, 0) is 55.3 Å². The summed E-state index contributed by atoms with van der Waals surface area (Å²) >= 11 is 0. The first-order valence-corrected chi connectivity index (χ1v) is 9.65. The minimum Gasteiger partial charge on any atom is -0.330 e. The molecule has 2 heterocycles. The summed E-state index contributed by atoms with van der Waals surface area (Å²) in [7, 11) is 0. The first-order chi connectivity index (χ1) is 13.4. The molecule has 2 aliphatic heterocycles. The molecule has 4 fully saturated rings. The summed E-state index contributed by atoms with van der Waals surface area (Å²) in [5, 5.41) is 5.78. The maximum Gasteiger partial charge on any atom is 0.262 e. The van der Waals surface area contributed by atoms with E-state index in [1.54, 1.807) is 12.1 Å². The summed E-state index contributed by atoms with van der Waals surface area (Å²) in [6, 6.07) is 4.30. The summed E-state index contributed by atoms with van der Waals surface area (Å²) in [6.07, 6.45) is 3.58. The number of carbonyl (C=O) groups excluding carboxylic acids is 4. The lowest BCUT2D eigenvalue weighted by atomic mass is 9.39. The minimum atomic E-state index is -0.931. The number of imide groups is 2. The third-order valence-corrected chi connectivity index (χ3v) is 6.74. The minimum absolute atomic E-state index is 0.116. The maximum absolute atomic E-state index is 12.8. The van der Waals surface area contributed by atoms with Gasteiger partial charge in [-0.3, -0.25) is 29.4 Å². The van der Waals surface area contributed by atoms with Crippen LogP contribution in [-0.2, 0) is 16.1 Å². The highest BCUT2D eigenvalue weighted by molar-refractivity contribution is 6.23. The zero-order valence-corrected chi connectivity index (χ0v) is 15.4. The fourth-order valence-corrected chi connectivity index (χ4v) is 5.32. The molecule has 6 rings (SSSR count). The summed E-state index contributed by atoms with van der Waals surface area (Å²) < 4.78 is 0. The van der Waals surface area contributed by atoms with Gasteiger partial charge in [0.15, 0.2) is 0 Å². The molecule has 1 saturated heterocycles. The summed E-state index contributed by atoms with van der Waals surface area (Å²) in [4.78, 5) is 50.0. The molecule has 4 N–H and O–H groups in total. The first kappa shape index (κ1) is 17.5. The molecule has 0 spiro atoms. The smallest absolute Gasteiger partial charge is 0.262 e. The maximum atomic E-state index is 12.8. The molecule has 1 aromatic carbocycles. The van der Waals surface area contributed by atoms with E-state index in [9.17, 15) is 19.2 Å². The van der Waals surface area contributed by atoms with E-state index in [1.807, 2.05) is 6.07 Å². The Kier molecular flexibility index (Phi) is 3.57. The average Bonchev–Trinajstić information content (AvgIpc) is 2.84. The Morgan fingerprint density at radius 2 is 1.82 bits per heavy atom. The van der Waals surface area contributed by atoms with Crippen LogP contribution in [-0.4, -0.2) is 46.7 Å². The van der Waals surface area contributed by atoms with Crippen molar-refractivity contribution >= 4 is 23.6 Å². The molecule has 1 atom stereocenters. The average molecular weight is 382 g/mol. The number of benzene rings is 1. The van der Waals surface area contributed by atoms with Crippen molar-refractivity contribution < 1.29 is 19.2 Å². The van der Waals surface area contributed by atoms with Crippen LogP contribution in [0.1, 0.15) is 58.4 Å². The Morgan fingerprint density at radius 3 is 2.50 bits per heavy atom. The van der Waals surface area contributed by atoms with Gasteiger partial charge >= 0.3 is 0 Å². The third-order valence-electron chi connectivity index (χ3n) is 6.74. The van der Waals surface area contributed by atoms with Crippen molar-refractivity contribution in [1.29, 1.82) is 0 Å². The van der Waals surface area contributed by atoms with Crippen molar-refractivity contribution in [2.24, 2.45) is 11.1 Å². The Bertz CT molecular complexity index is 920. The van der Waals surface area contributed by atoms with E-state index < -0.39 is 23.8 Å². The molecule has 5 aliphatic rings. The van der Waals surface area contributed by atoms with E-state index in [2.05, 4.69) is 10.6 Å². The lowest BCUT2D eigenvalue weighted by Crippen LogP contribution is -2.75. The lowest BCUT2D eigenvalue weighted by molar-refractivity contribution is -0.147. The van der Waals surface area contributed by atoms with Crippen LogP contribution < -0.4 is 16.4 Å². The highest BCUT2D eigenvalue weighted by Gasteiger charge is 2.66. The molecule has 0 radical (unpaired) electrons. The zero-order chi connectivity index (χ0) is 19.7. The van der Waals surface area contributed by atoms with Crippen LogP contribution in [0.25, 0.3) is 0 Å². The standard InChI is InChI=1S/C20H22N4O4/c21-10-19-7-20(8-19,9-19)22-6-11-1-2-12-13(5-11)18(28)24(17(12)27)14-3-4-15(25)23-16(14)26/h1-2,5,14,22H,3-4,6-10,21H2,(H,23,25,26). The number of nitrogens with zero attached hydrogens (tertiary/aromatic N) is 1. The second-order valence-electron chi connectivity index (χ2n) is 8.70. The lowest BCUT2D eigenvalue weighted by Gasteiger charge is -2.71. The predicted octanol–water partition coefficient (Wildman–Crippen LogP) is 0.0588. The molecule has 146 valence electrons. The van der Waals surface area contributed by atoms with Gasteiger partial charge < -0.3 is 11.1 Å². The van der Waals surface area contributed by atoms with Gasteiger partial charge in [0.1, 0.15) is 6.04 Å². The molecule has 3 saturated carbocycles. The Balaban J connectivity index is 1.31. The molecular weight excluding hydrogens is 360 g/mol. The number of fused-ring (bicyclic) bond motifs is 1. The summed E-state index contributed by atoms with van der Waals surface area (Å²) in [6.45, 7) is 1.36. The van der Waals surface area contributed by atoms with Crippen LogP contribution in [0.4, 0.5) is 0 Å². The third kappa shape index (κ3) is 2.37. The van der Waals surface area contributed by atoms with Crippen molar-refractivity contribution in [3.05, 3.63) is 34.9 Å². The molecule has 4 amide bonds. The topological polar surface area (TPSA) is 122 Å². The number of hydrogen-bond donors (Lipinski definition) is 3. The molecule has 8 heteroatoms. The Morgan fingerprint density at radius 1 is 1.11 bits per heavy atom. The summed E-state index contributed by atoms with van der Waals surface area (Å²) in [5.74, 6) is -1.91. The first-order valence-electron chi connectivity index (χ1n) is 9.65. The van der Waals surface area contributed by atoms with Crippen LogP contribution >= 0.6 is 0 Å². The fourth-order valence-electron chi connectivity index (χ4n) is 5.32. The molecule has 3 aliphatic carbocycles. The van der Waals surface area contributed by atoms with E-state index in [4.69, 9.17) is 5.73 Å². The predicted molar refractivity (Wildman–Crippen MR) is 98.0 cm³/mol. The normalized spacial score (nSPS) is 33.3. The molecule has 0 aromatic heterocycles. The van der Waals surface area contributed by atoms with Gasteiger partial charge in [0.2, 0.25) is 11.8 Å². The quantitative estimate of drug-likeness (QED) is 0.619. The van der Waals surface area contributed by atoms with E-state index in [0.29, 0.717) is 23.1 Å². The van der Waals surface area contributed by atoms with Gasteiger partial charge in [-0.1, -0.05) is 6.07 Å². The van der Waals surface area contributed by atoms with Crippen LogP contribution in [0.15, 0.2) is 18.2 Å².